The van der Waals surface area contributed by atoms with E-state index in [4.69, 9.17) is 16.3 Å². The van der Waals surface area contributed by atoms with E-state index in [1.165, 1.54) is 11.8 Å². The Morgan fingerprint density at radius 3 is 2.31 bits per heavy atom. The third-order valence-corrected chi connectivity index (χ3v) is 16.6. The lowest BCUT2D eigenvalue weighted by molar-refractivity contribution is -0.136. The van der Waals surface area contributed by atoms with E-state index < -0.39 is 38.9 Å². The average Bonchev–Trinajstić information content (AvgIpc) is 3.55. The quantitative estimate of drug-likeness (QED) is 0.109. The maximum absolute atomic E-state index is 13.6. The van der Waals surface area contributed by atoms with E-state index in [2.05, 4.69) is 59.7 Å². The first-order valence-electron chi connectivity index (χ1n) is 23.8. The van der Waals surface area contributed by atoms with Crippen LogP contribution in [-0.2, 0) is 19.4 Å². The minimum Gasteiger partial charge on any atom is -0.489 e. The average molecular weight is 967 g/mol. The molecule has 1 atom stereocenters. The molecule has 3 N–H and O–H groups in total. The van der Waals surface area contributed by atoms with E-state index in [0.29, 0.717) is 40.4 Å². The zero-order chi connectivity index (χ0) is 48.0. The summed E-state index contributed by atoms with van der Waals surface area (Å²) < 4.78 is 32.6. The third-order valence-electron chi connectivity index (χ3n) is 14.1. The molecule has 0 radical (unpaired) electrons. The van der Waals surface area contributed by atoms with E-state index in [1.54, 1.807) is 50.2 Å². The Bertz CT molecular complexity index is 2730. The molecule has 0 saturated carbocycles. The number of ether oxygens (including phenoxy) is 1. The SMILES string of the molecule is Cc1cc(Nc2ncc(Cl)c(Nc3ccccc3S(=O)(=O)C(C)C)n2)c(OC(C)C)cc1C1CCN(C2CCN(CC3CN(c4cccc5c4C(=O)N(C4CCC(=O)NC4=O)C5=O)C3)CC2)CC1. The number of hydrogen-bond donors (Lipinski definition) is 3. The van der Waals surface area contributed by atoms with E-state index in [-0.39, 0.29) is 46.5 Å². The van der Waals surface area contributed by atoms with Crippen LogP contribution >= 0.6 is 11.6 Å². The predicted octanol–water partition coefficient (Wildman–Crippen LogP) is 7.08. The van der Waals surface area contributed by atoms with Gasteiger partial charge in [0.05, 0.1) is 50.6 Å². The molecule has 360 valence electrons. The number of nitrogens with one attached hydrogen (secondary N) is 3. The van der Waals surface area contributed by atoms with Crippen molar-refractivity contribution in [2.24, 2.45) is 5.92 Å². The predicted molar refractivity (Wildman–Crippen MR) is 261 cm³/mol. The molecule has 1 aromatic heterocycles. The number of hydrogen-bond acceptors (Lipinski definition) is 14. The molecule has 9 rings (SSSR count). The molecule has 4 fully saturated rings. The van der Waals surface area contributed by atoms with Crippen molar-refractivity contribution < 1.29 is 32.3 Å². The molecule has 3 aromatic carbocycles. The molecule has 0 aliphatic carbocycles. The largest absolute Gasteiger partial charge is 0.489 e. The van der Waals surface area contributed by atoms with Crippen LogP contribution in [0.4, 0.5) is 28.8 Å². The number of piperidine rings is 3. The second-order valence-corrected chi connectivity index (χ2v) is 22.2. The van der Waals surface area contributed by atoms with Gasteiger partial charge in [-0.05, 0) is 146 Å². The molecule has 16 nitrogen and oxygen atoms in total. The molecule has 5 aliphatic rings. The van der Waals surface area contributed by atoms with Crippen molar-refractivity contribution in [3.05, 3.63) is 88.1 Å². The highest BCUT2D eigenvalue weighted by molar-refractivity contribution is 7.92. The molecule has 4 aromatic rings. The van der Waals surface area contributed by atoms with Crippen molar-refractivity contribution in [2.75, 3.05) is 61.3 Å². The van der Waals surface area contributed by atoms with Gasteiger partial charge in [0.1, 0.15) is 16.8 Å². The third kappa shape index (κ3) is 9.54. The van der Waals surface area contributed by atoms with Gasteiger partial charge in [0.25, 0.3) is 11.8 Å². The van der Waals surface area contributed by atoms with Gasteiger partial charge in [0.15, 0.2) is 15.7 Å². The number of aromatic nitrogens is 2. The van der Waals surface area contributed by atoms with Crippen LogP contribution in [0.1, 0.15) is 104 Å². The number of carbonyl (C=O) groups is 4. The number of aryl methyl sites for hydroxylation is 1. The van der Waals surface area contributed by atoms with Crippen molar-refractivity contribution in [3.63, 3.8) is 0 Å². The normalized spacial score (nSPS) is 20.3. The Balaban J connectivity index is 0.776. The molecule has 1 unspecified atom stereocenters. The van der Waals surface area contributed by atoms with Crippen LogP contribution in [0.25, 0.3) is 0 Å². The van der Waals surface area contributed by atoms with Crippen LogP contribution < -0.4 is 25.6 Å². The van der Waals surface area contributed by atoms with E-state index >= 15 is 0 Å². The maximum Gasteiger partial charge on any atom is 0.264 e. The number of sulfone groups is 1. The number of amides is 4. The first kappa shape index (κ1) is 47.4. The molecule has 0 spiro atoms. The lowest BCUT2D eigenvalue weighted by atomic mass is 9.85. The molecule has 5 aliphatic heterocycles. The second kappa shape index (κ2) is 19.4. The van der Waals surface area contributed by atoms with Crippen LogP contribution in [0.3, 0.4) is 0 Å². The first-order valence-corrected chi connectivity index (χ1v) is 25.7. The molecule has 68 heavy (non-hydrogen) atoms. The number of carbonyl (C=O) groups excluding carboxylic acids is 4. The summed E-state index contributed by atoms with van der Waals surface area (Å²) in [5.74, 6) is 0.164. The van der Waals surface area contributed by atoms with Crippen molar-refractivity contribution in [1.82, 2.24) is 30.0 Å². The maximum atomic E-state index is 13.6. The highest BCUT2D eigenvalue weighted by Crippen LogP contribution is 2.41. The minimum atomic E-state index is -3.58. The summed E-state index contributed by atoms with van der Waals surface area (Å²) in [6, 6.07) is 15.9. The van der Waals surface area contributed by atoms with Crippen LogP contribution in [0, 0.1) is 12.8 Å². The summed E-state index contributed by atoms with van der Waals surface area (Å²) in [6.45, 7) is 16.2. The highest BCUT2D eigenvalue weighted by atomic mass is 35.5. The molecule has 0 bridgehead atoms. The van der Waals surface area contributed by atoms with Gasteiger partial charge in [0.2, 0.25) is 17.8 Å². The van der Waals surface area contributed by atoms with Gasteiger partial charge in [-0.2, -0.15) is 4.98 Å². The fraction of sp³-hybridized carbons (Fsp3) is 0.480. The lowest BCUT2D eigenvalue weighted by Gasteiger charge is -2.46. The molecule has 4 saturated heterocycles. The monoisotopic (exact) mass is 965 g/mol. The summed E-state index contributed by atoms with van der Waals surface area (Å²) in [4.78, 5) is 69.1. The summed E-state index contributed by atoms with van der Waals surface area (Å²) in [5.41, 5.74) is 4.94. The van der Waals surface area contributed by atoms with Crippen molar-refractivity contribution in [1.29, 1.82) is 0 Å². The number of rotatable bonds is 14. The Morgan fingerprint density at radius 1 is 0.868 bits per heavy atom. The smallest absolute Gasteiger partial charge is 0.264 e. The van der Waals surface area contributed by atoms with E-state index in [9.17, 15) is 27.6 Å². The standard InChI is InChI=1S/C50H60ClN9O7S/c1-29(2)67-42-24-36(31(5)23-39(42)54-50-52-25-37(51)46(56-50)53-38-10-6-7-12-43(38)68(65,66)30(3)4)33-15-21-58(22-16-33)34-17-19-57(20-18-34)26-32-27-59(28-32)40-11-8-9-35-45(40)49(64)60(48(35)63)41-13-14-44(61)55-47(41)62/h6-12,23-25,29-30,32-34,41H,13-22,26-28H2,1-5H3,(H,55,61,62)(H2,52,53,54,56). The minimum absolute atomic E-state index is 0.0769. The zero-order valence-corrected chi connectivity index (χ0v) is 40.8. The van der Waals surface area contributed by atoms with Gasteiger partial charge < -0.3 is 30.1 Å². The van der Waals surface area contributed by atoms with Gasteiger partial charge in [-0.1, -0.05) is 29.8 Å². The van der Waals surface area contributed by atoms with Crippen LogP contribution in [-0.4, -0.2) is 126 Å². The summed E-state index contributed by atoms with van der Waals surface area (Å²) in [7, 11) is -3.58. The van der Waals surface area contributed by atoms with Gasteiger partial charge in [-0.25, -0.2) is 13.4 Å². The zero-order valence-electron chi connectivity index (χ0n) is 39.3. The Kier molecular flexibility index (Phi) is 13.5. The van der Waals surface area contributed by atoms with Crippen LogP contribution in [0.2, 0.25) is 5.02 Å². The number of para-hydroxylation sites is 1. The molecule has 4 amide bonds. The van der Waals surface area contributed by atoms with Crippen molar-refractivity contribution >= 4 is 73.9 Å². The number of halogens is 1. The summed E-state index contributed by atoms with van der Waals surface area (Å²) in [6.07, 6.45) is 5.99. The number of benzene rings is 3. The van der Waals surface area contributed by atoms with E-state index in [0.717, 1.165) is 93.3 Å². The van der Waals surface area contributed by atoms with Gasteiger partial charge in [-0.15, -0.1) is 0 Å². The molecular weight excluding hydrogens is 906 g/mol. The highest BCUT2D eigenvalue weighted by Gasteiger charge is 2.47. The number of nitrogens with zero attached hydrogens (tertiary/aromatic N) is 6. The fourth-order valence-corrected chi connectivity index (χ4v) is 11.8. The van der Waals surface area contributed by atoms with Crippen LogP contribution in [0.15, 0.2) is 65.7 Å². The number of fused-ring (bicyclic) bond motifs is 1. The topological polar surface area (TPSA) is 186 Å². The fourth-order valence-electron chi connectivity index (χ4n) is 10.5. The Hall–Kier alpha value is -5.62. The van der Waals surface area contributed by atoms with Crippen molar-refractivity contribution in [2.45, 2.75) is 107 Å². The summed E-state index contributed by atoms with van der Waals surface area (Å²) >= 11 is 6.54. The summed E-state index contributed by atoms with van der Waals surface area (Å²) in [5, 5.41) is 8.39. The second-order valence-electron chi connectivity index (χ2n) is 19.4. The van der Waals surface area contributed by atoms with E-state index in [1.807, 2.05) is 19.9 Å². The first-order chi connectivity index (χ1) is 32.5. The van der Waals surface area contributed by atoms with Crippen LogP contribution in [0.5, 0.6) is 5.75 Å². The number of imide groups is 2. The van der Waals surface area contributed by atoms with Gasteiger partial charge >= 0.3 is 0 Å². The van der Waals surface area contributed by atoms with Gasteiger partial charge in [-0.3, -0.25) is 29.4 Å². The lowest BCUT2D eigenvalue weighted by Crippen LogP contribution is -2.55. The molecular formula is C50H60ClN9O7S. The molecule has 6 heterocycles. The van der Waals surface area contributed by atoms with Gasteiger partial charge in [0, 0.05) is 38.0 Å². The molecule has 18 heteroatoms. The van der Waals surface area contributed by atoms with Crippen molar-refractivity contribution in [3.8, 4) is 5.75 Å². The Labute approximate surface area is 403 Å². The number of likely N-dealkylation sites (tertiary alicyclic amines) is 2. The number of anilines is 5. The Morgan fingerprint density at radius 2 is 1.60 bits per heavy atom.